The molecule has 426 valence electrons. The summed E-state index contributed by atoms with van der Waals surface area (Å²) >= 11 is 0. The van der Waals surface area contributed by atoms with Crippen molar-refractivity contribution in [3.8, 4) is 34.8 Å². The number of aliphatic hydroxyl groups is 1. The maximum absolute atomic E-state index is 11.0. The standard InChI is InChI=1S/2C17H17N7O4S.C17H16N6O2/c2*1-10-5-6-14(28-10)16-23-17(18)22-15-11(8-20-24(15)16)7-12-3-2-4-13(21-12)9-27-29(19,25)26;1-10-5-6-14(25-10)16-22-17(18)21-15-11(8-19-23(15)16)7-12-3-2-4-13(9-24)20-12/h2*2-6,8H,7,9H2,1H3,(H2,18,22)(H2,19,25,26);2-6,8,24H,7,9H2,1H3,(H2,18,21). The molecule has 0 atom stereocenters. The predicted octanol–water partition coefficient (Wildman–Crippen LogP) is 3.71. The van der Waals surface area contributed by atoms with Gasteiger partial charge in [-0.25, -0.2) is 10.3 Å². The number of nitrogen functional groups attached to an aromatic ring is 3. The lowest BCUT2D eigenvalue weighted by Crippen LogP contribution is -2.16. The maximum Gasteiger partial charge on any atom is 0.333 e. The molecule has 12 heterocycles. The average molecular weight is 1170 g/mol. The molecule has 0 saturated heterocycles. The smallest absolute Gasteiger partial charge is 0.333 e. The minimum absolute atomic E-state index is 0.0894. The summed E-state index contributed by atoms with van der Waals surface area (Å²) in [5.74, 6) is 5.58. The second-order valence-electron chi connectivity index (χ2n) is 18.2. The molecule has 83 heavy (non-hydrogen) atoms. The molecule has 0 aromatic carbocycles. The molecule has 0 saturated carbocycles. The van der Waals surface area contributed by atoms with Crippen molar-refractivity contribution in [3.05, 3.63) is 178 Å². The highest BCUT2D eigenvalue weighted by atomic mass is 32.2. The topological polar surface area (TPSA) is 444 Å². The number of fused-ring (bicyclic) bond motifs is 3. The summed E-state index contributed by atoms with van der Waals surface area (Å²) in [6.07, 6.45) is 6.32. The number of pyridine rings is 3. The van der Waals surface area contributed by atoms with E-state index in [4.69, 9.17) is 40.7 Å². The van der Waals surface area contributed by atoms with Crippen molar-refractivity contribution in [1.29, 1.82) is 0 Å². The monoisotopic (exact) mass is 1170 g/mol. The molecule has 32 heteroatoms. The van der Waals surface area contributed by atoms with Crippen LogP contribution in [0.3, 0.4) is 0 Å². The molecule has 0 radical (unpaired) electrons. The molecule has 0 bridgehead atoms. The summed E-state index contributed by atoms with van der Waals surface area (Å²) in [7, 11) is -8.08. The van der Waals surface area contributed by atoms with Gasteiger partial charge in [-0.05, 0) is 93.6 Å². The molecule has 0 aliphatic carbocycles. The van der Waals surface area contributed by atoms with Gasteiger partial charge < -0.3 is 35.6 Å². The van der Waals surface area contributed by atoms with Crippen molar-refractivity contribution in [2.45, 2.75) is 59.9 Å². The van der Waals surface area contributed by atoms with Crippen LogP contribution in [0.4, 0.5) is 17.8 Å². The molecular formula is C51H50N20O10S2. The third-order valence-corrected chi connectivity index (χ3v) is 12.8. The fourth-order valence-electron chi connectivity index (χ4n) is 8.34. The Morgan fingerprint density at radius 1 is 0.434 bits per heavy atom. The van der Waals surface area contributed by atoms with E-state index in [0.717, 1.165) is 39.7 Å². The quantitative estimate of drug-likeness (QED) is 0.0802. The molecule has 12 aromatic rings. The van der Waals surface area contributed by atoms with Crippen molar-refractivity contribution in [1.82, 2.24) is 73.7 Å². The lowest BCUT2D eigenvalue weighted by Gasteiger charge is -2.05. The van der Waals surface area contributed by atoms with Gasteiger partial charge >= 0.3 is 20.6 Å². The number of aryl methyl sites for hydroxylation is 3. The van der Waals surface area contributed by atoms with Crippen LogP contribution in [0.5, 0.6) is 0 Å². The molecule has 0 fully saturated rings. The highest BCUT2D eigenvalue weighted by Crippen LogP contribution is 2.27. The van der Waals surface area contributed by atoms with E-state index in [2.05, 4.69) is 68.5 Å². The summed E-state index contributed by atoms with van der Waals surface area (Å²) < 4.78 is 74.6. The molecule has 0 spiro atoms. The van der Waals surface area contributed by atoms with Gasteiger partial charge in [-0.15, -0.1) is 0 Å². The van der Waals surface area contributed by atoms with Gasteiger partial charge in [-0.3, -0.25) is 23.3 Å². The maximum atomic E-state index is 11.0. The molecule has 30 nitrogen and oxygen atoms in total. The van der Waals surface area contributed by atoms with E-state index >= 15 is 0 Å². The lowest BCUT2D eigenvalue weighted by molar-refractivity contribution is 0.276. The number of furan rings is 3. The number of nitrogens with two attached hydrogens (primary N) is 5. The van der Waals surface area contributed by atoms with Gasteiger partial charge in [-0.1, -0.05) is 18.2 Å². The summed E-state index contributed by atoms with van der Waals surface area (Å²) in [5.41, 5.74) is 25.3. The molecule has 11 N–H and O–H groups in total. The first-order valence-electron chi connectivity index (χ1n) is 24.7. The van der Waals surface area contributed by atoms with Crippen molar-refractivity contribution in [3.63, 3.8) is 0 Å². The number of anilines is 3. The van der Waals surface area contributed by atoms with E-state index in [9.17, 15) is 21.9 Å². The Hall–Kier alpha value is -9.96. The number of hydrogen-bond donors (Lipinski definition) is 6. The Labute approximate surface area is 470 Å². The third kappa shape index (κ3) is 13.8. The van der Waals surface area contributed by atoms with Crippen molar-refractivity contribution in [2.24, 2.45) is 10.3 Å². The first kappa shape index (κ1) is 56.3. The van der Waals surface area contributed by atoms with E-state index in [1.807, 2.05) is 57.2 Å². The van der Waals surface area contributed by atoms with Crippen molar-refractivity contribution >= 4 is 55.4 Å². The summed E-state index contributed by atoms with van der Waals surface area (Å²) in [6, 6.07) is 26.8. The first-order valence-corrected chi connectivity index (χ1v) is 27.7. The normalized spacial score (nSPS) is 11.7. The molecule has 12 aromatic heterocycles. The number of aromatic nitrogens is 15. The van der Waals surface area contributed by atoms with Crippen LogP contribution >= 0.6 is 0 Å². The van der Waals surface area contributed by atoms with Crippen LogP contribution in [0.25, 0.3) is 51.7 Å². The zero-order valence-electron chi connectivity index (χ0n) is 44.2. The van der Waals surface area contributed by atoms with Crippen LogP contribution < -0.4 is 27.5 Å². The number of rotatable bonds is 16. The van der Waals surface area contributed by atoms with E-state index in [-0.39, 0.29) is 37.7 Å². The van der Waals surface area contributed by atoms with Gasteiger partial charge in [0, 0.05) is 53.0 Å². The molecule has 0 aliphatic heterocycles. The third-order valence-electron chi connectivity index (χ3n) is 11.9. The molecule has 0 unspecified atom stereocenters. The number of hydrogen-bond acceptors (Lipinski definition) is 25. The van der Waals surface area contributed by atoms with Gasteiger partial charge in [0.15, 0.2) is 34.2 Å². The van der Waals surface area contributed by atoms with Crippen LogP contribution in [0.2, 0.25) is 0 Å². The first-order chi connectivity index (χ1) is 39.7. The van der Waals surface area contributed by atoms with Gasteiger partial charge in [0.05, 0.1) is 42.3 Å². The molecule has 0 amide bonds. The average Bonchev–Trinajstić information content (AvgIpc) is 4.16. The van der Waals surface area contributed by atoms with E-state index in [0.29, 0.717) is 99.4 Å². The summed E-state index contributed by atoms with van der Waals surface area (Å²) in [5, 5.41) is 32.0. The lowest BCUT2D eigenvalue weighted by atomic mass is 10.1. The Morgan fingerprint density at radius 2 is 0.735 bits per heavy atom. The van der Waals surface area contributed by atoms with Crippen molar-refractivity contribution in [2.75, 3.05) is 17.2 Å². The fraction of sp³-hybridized carbons (Fsp3) is 0.176. The van der Waals surface area contributed by atoms with E-state index < -0.39 is 20.6 Å². The Bertz CT molecular complexity index is 4350. The molecule has 0 aliphatic rings. The highest BCUT2D eigenvalue weighted by Gasteiger charge is 2.20. The Kier molecular flexibility index (Phi) is 16.0. The second kappa shape index (κ2) is 23.6. The van der Waals surface area contributed by atoms with Crippen molar-refractivity contribution < 1.29 is 43.6 Å². The van der Waals surface area contributed by atoms with Gasteiger partial charge in [-0.2, -0.15) is 75.6 Å². The van der Waals surface area contributed by atoms with Crippen LogP contribution in [0, 0.1) is 20.8 Å². The van der Waals surface area contributed by atoms with Crippen LogP contribution in [-0.4, -0.2) is 95.6 Å². The van der Waals surface area contributed by atoms with Crippen LogP contribution in [-0.2, 0) is 68.1 Å². The Morgan fingerprint density at radius 3 is 1.02 bits per heavy atom. The minimum atomic E-state index is -4.04. The summed E-state index contributed by atoms with van der Waals surface area (Å²) in [6.45, 7) is 4.92. The molecular weight excluding hydrogens is 1120 g/mol. The van der Waals surface area contributed by atoms with E-state index in [1.54, 1.807) is 86.7 Å². The van der Waals surface area contributed by atoms with E-state index in [1.165, 1.54) is 0 Å². The fourth-order valence-corrected chi connectivity index (χ4v) is 8.91. The van der Waals surface area contributed by atoms with Gasteiger partial charge in [0.2, 0.25) is 35.3 Å². The van der Waals surface area contributed by atoms with Gasteiger partial charge in [0.1, 0.15) is 30.5 Å². The van der Waals surface area contributed by atoms with Crippen LogP contribution in [0.15, 0.2) is 123 Å². The SMILES string of the molecule is Cc1ccc(-c2nc(N)nc3c(Cc4cccc(CO)n4)cnn23)o1.Cc1ccc(-c2nc(N)nc3c(Cc4cccc(COS(N)(=O)=O)n4)cnn23)o1.Cc1ccc(-c2nc(N)nc3c(Cc4cccc(COS(N)(=O)=O)n4)cnn23)o1. The van der Waals surface area contributed by atoms with Crippen LogP contribution in [0.1, 0.15) is 68.1 Å². The predicted molar refractivity (Wildman–Crippen MR) is 296 cm³/mol. The zero-order valence-corrected chi connectivity index (χ0v) is 45.8. The number of aliphatic hydroxyl groups excluding tert-OH is 1. The van der Waals surface area contributed by atoms with Gasteiger partial charge in [0.25, 0.3) is 0 Å². The second-order valence-corrected chi connectivity index (χ2v) is 20.7. The highest BCUT2D eigenvalue weighted by molar-refractivity contribution is 7.84. The minimum Gasteiger partial charge on any atom is -0.458 e. The largest absolute Gasteiger partial charge is 0.458 e. The summed E-state index contributed by atoms with van der Waals surface area (Å²) in [4.78, 5) is 38.8. The Balaban J connectivity index is 0.000000140. The molecule has 12 rings (SSSR count). The zero-order chi connectivity index (χ0) is 58.6. The number of nitrogens with zero attached hydrogens (tertiary/aromatic N) is 15.